The standard InChI is InChI=1S/C32H45NO/c1-5-25(3)24-31(28-15-11-8-12-16-28)19-21-32(22-20-31)18-17-29(30(34)33(32)6-2)26(4)23-27-13-9-7-10-14-27/h7-16,25-26,29H,5-6,17-24H2,1-4H3/t25?,26?,29?,31-,32-. The number of carbonyl (C=O) groups excluding carboxylic acids is 1. The van der Waals surface area contributed by atoms with Crippen LogP contribution < -0.4 is 0 Å². The molecule has 1 saturated carbocycles. The topological polar surface area (TPSA) is 20.3 Å². The predicted octanol–water partition coefficient (Wildman–Crippen LogP) is 7.81. The molecule has 0 bridgehead atoms. The van der Waals surface area contributed by atoms with Crippen LogP contribution in [0.2, 0.25) is 0 Å². The van der Waals surface area contributed by atoms with Crippen LogP contribution in [0, 0.1) is 17.8 Å². The smallest absolute Gasteiger partial charge is 0.226 e. The Hall–Kier alpha value is -2.09. The van der Waals surface area contributed by atoms with Crippen molar-refractivity contribution in [3.63, 3.8) is 0 Å². The van der Waals surface area contributed by atoms with Gasteiger partial charge in [0.25, 0.3) is 0 Å². The molecule has 184 valence electrons. The number of nitrogens with zero attached hydrogens (tertiary/aromatic N) is 1. The predicted molar refractivity (Wildman–Crippen MR) is 143 cm³/mol. The molecule has 4 rings (SSSR count). The van der Waals surface area contributed by atoms with Crippen LogP contribution in [0.15, 0.2) is 60.7 Å². The molecule has 1 amide bonds. The zero-order valence-corrected chi connectivity index (χ0v) is 21.9. The molecular weight excluding hydrogens is 414 g/mol. The summed E-state index contributed by atoms with van der Waals surface area (Å²) in [7, 11) is 0. The van der Waals surface area contributed by atoms with Gasteiger partial charge in [-0.25, -0.2) is 0 Å². The highest BCUT2D eigenvalue weighted by Crippen LogP contribution is 2.52. The highest BCUT2D eigenvalue weighted by atomic mass is 16.2. The van der Waals surface area contributed by atoms with E-state index in [-0.39, 0.29) is 16.9 Å². The Bertz CT molecular complexity index is 913. The summed E-state index contributed by atoms with van der Waals surface area (Å²) in [5, 5.41) is 0. The van der Waals surface area contributed by atoms with Gasteiger partial charge in [0.15, 0.2) is 0 Å². The third-order valence-electron chi connectivity index (χ3n) is 9.44. The first-order chi connectivity index (χ1) is 16.4. The maximum Gasteiger partial charge on any atom is 0.226 e. The van der Waals surface area contributed by atoms with Gasteiger partial charge in [0.2, 0.25) is 5.91 Å². The molecule has 0 radical (unpaired) electrons. The van der Waals surface area contributed by atoms with Crippen molar-refractivity contribution in [3.8, 4) is 0 Å². The average Bonchev–Trinajstić information content (AvgIpc) is 2.87. The zero-order valence-electron chi connectivity index (χ0n) is 21.9. The molecule has 1 aliphatic heterocycles. The summed E-state index contributed by atoms with van der Waals surface area (Å²) in [6, 6.07) is 21.9. The van der Waals surface area contributed by atoms with E-state index >= 15 is 0 Å². The van der Waals surface area contributed by atoms with Gasteiger partial charge in [0, 0.05) is 18.0 Å². The Morgan fingerprint density at radius 1 is 0.882 bits per heavy atom. The largest absolute Gasteiger partial charge is 0.337 e. The van der Waals surface area contributed by atoms with Crippen molar-refractivity contribution >= 4 is 5.91 Å². The van der Waals surface area contributed by atoms with E-state index in [9.17, 15) is 4.79 Å². The minimum atomic E-state index is 0.0720. The lowest BCUT2D eigenvalue weighted by Crippen LogP contribution is -2.60. The molecule has 3 atom stereocenters. The fourth-order valence-electron chi connectivity index (χ4n) is 7.19. The number of amides is 1. The van der Waals surface area contributed by atoms with Gasteiger partial charge in [0.05, 0.1) is 0 Å². The van der Waals surface area contributed by atoms with Crippen molar-refractivity contribution in [3.05, 3.63) is 71.8 Å². The van der Waals surface area contributed by atoms with Crippen molar-refractivity contribution in [2.75, 3.05) is 6.54 Å². The molecular formula is C32H45NO. The van der Waals surface area contributed by atoms with E-state index in [1.807, 2.05) is 0 Å². The summed E-state index contributed by atoms with van der Waals surface area (Å²) < 4.78 is 0. The van der Waals surface area contributed by atoms with Crippen LogP contribution in [0.25, 0.3) is 0 Å². The van der Waals surface area contributed by atoms with Crippen LogP contribution in [-0.2, 0) is 16.6 Å². The van der Waals surface area contributed by atoms with Crippen molar-refractivity contribution < 1.29 is 4.79 Å². The van der Waals surface area contributed by atoms with Crippen molar-refractivity contribution in [1.82, 2.24) is 4.90 Å². The first-order valence-electron chi connectivity index (χ1n) is 13.8. The lowest BCUT2D eigenvalue weighted by atomic mass is 9.58. The molecule has 2 aromatic carbocycles. The summed E-state index contributed by atoms with van der Waals surface area (Å²) in [5.74, 6) is 1.70. The number of benzene rings is 2. The van der Waals surface area contributed by atoms with Gasteiger partial charge in [-0.2, -0.15) is 0 Å². The van der Waals surface area contributed by atoms with E-state index in [0.717, 1.165) is 38.1 Å². The van der Waals surface area contributed by atoms with E-state index < -0.39 is 0 Å². The third-order valence-corrected chi connectivity index (χ3v) is 9.44. The number of carbonyl (C=O) groups is 1. The van der Waals surface area contributed by atoms with Crippen LogP contribution in [0.4, 0.5) is 0 Å². The minimum Gasteiger partial charge on any atom is -0.337 e. The Balaban J connectivity index is 1.50. The molecule has 34 heavy (non-hydrogen) atoms. The van der Waals surface area contributed by atoms with Gasteiger partial charge in [-0.3, -0.25) is 4.79 Å². The molecule has 3 unspecified atom stereocenters. The molecule has 2 heteroatoms. The lowest BCUT2D eigenvalue weighted by molar-refractivity contribution is -0.153. The monoisotopic (exact) mass is 459 g/mol. The molecule has 2 fully saturated rings. The summed E-state index contributed by atoms with van der Waals surface area (Å²) in [5.41, 5.74) is 3.20. The number of rotatable bonds is 8. The average molecular weight is 460 g/mol. The molecule has 1 saturated heterocycles. The van der Waals surface area contributed by atoms with E-state index in [1.165, 1.54) is 43.2 Å². The van der Waals surface area contributed by atoms with Crippen molar-refractivity contribution in [2.24, 2.45) is 17.8 Å². The van der Waals surface area contributed by atoms with Crippen LogP contribution in [0.3, 0.4) is 0 Å². The maximum atomic E-state index is 13.8. The van der Waals surface area contributed by atoms with Gasteiger partial charge in [-0.05, 0) is 86.7 Å². The number of hydrogen-bond acceptors (Lipinski definition) is 1. The maximum absolute atomic E-state index is 13.8. The van der Waals surface area contributed by atoms with Crippen LogP contribution in [0.1, 0.15) is 90.2 Å². The molecule has 0 N–H and O–H groups in total. The van der Waals surface area contributed by atoms with E-state index in [0.29, 0.717) is 11.8 Å². The number of piperidine rings is 1. The normalized spacial score (nSPS) is 29.2. The second-order valence-corrected chi connectivity index (χ2v) is 11.5. The summed E-state index contributed by atoms with van der Waals surface area (Å²) >= 11 is 0. The molecule has 2 nitrogen and oxygen atoms in total. The Morgan fingerprint density at radius 2 is 1.50 bits per heavy atom. The summed E-state index contributed by atoms with van der Waals surface area (Å²) in [4.78, 5) is 16.2. The molecule has 1 heterocycles. The highest BCUT2D eigenvalue weighted by molar-refractivity contribution is 5.81. The number of likely N-dealkylation sites (tertiary alicyclic amines) is 1. The van der Waals surface area contributed by atoms with E-state index in [4.69, 9.17) is 0 Å². The Morgan fingerprint density at radius 3 is 2.09 bits per heavy atom. The lowest BCUT2D eigenvalue weighted by Gasteiger charge is -2.56. The van der Waals surface area contributed by atoms with Crippen molar-refractivity contribution in [2.45, 2.75) is 96.4 Å². The van der Waals surface area contributed by atoms with Gasteiger partial charge < -0.3 is 4.90 Å². The van der Waals surface area contributed by atoms with Crippen LogP contribution >= 0.6 is 0 Å². The first kappa shape index (κ1) is 25.0. The van der Waals surface area contributed by atoms with E-state index in [1.54, 1.807) is 0 Å². The molecule has 0 aromatic heterocycles. The molecule has 2 aliphatic rings. The Kier molecular flexibility index (Phi) is 7.85. The third kappa shape index (κ3) is 4.97. The second kappa shape index (κ2) is 10.7. The molecule has 1 aliphatic carbocycles. The quantitative estimate of drug-likeness (QED) is 0.394. The summed E-state index contributed by atoms with van der Waals surface area (Å²) in [6.45, 7) is 10.1. The van der Waals surface area contributed by atoms with Crippen LogP contribution in [-0.4, -0.2) is 22.9 Å². The summed E-state index contributed by atoms with van der Waals surface area (Å²) in [6.07, 6.45) is 10.4. The Labute approximate surface area is 208 Å². The fourth-order valence-corrected chi connectivity index (χ4v) is 7.19. The van der Waals surface area contributed by atoms with E-state index in [2.05, 4.69) is 93.3 Å². The SMILES string of the molecule is CCC(C)C[C@]1(c2ccccc2)CC[C@@]2(CCC(C(C)Cc3ccccc3)C(=O)N2CC)CC1. The fraction of sp³-hybridized carbons (Fsp3) is 0.594. The molecule has 2 aromatic rings. The van der Waals surface area contributed by atoms with Gasteiger partial charge in [0.1, 0.15) is 0 Å². The zero-order chi connectivity index (χ0) is 24.2. The molecule has 1 spiro atoms. The van der Waals surface area contributed by atoms with Gasteiger partial charge in [-0.1, -0.05) is 87.9 Å². The second-order valence-electron chi connectivity index (χ2n) is 11.5. The van der Waals surface area contributed by atoms with Crippen LogP contribution in [0.5, 0.6) is 0 Å². The first-order valence-corrected chi connectivity index (χ1v) is 13.8. The highest BCUT2D eigenvalue weighted by Gasteiger charge is 2.51. The van der Waals surface area contributed by atoms with Gasteiger partial charge >= 0.3 is 0 Å². The van der Waals surface area contributed by atoms with Crippen molar-refractivity contribution in [1.29, 1.82) is 0 Å². The minimum absolute atomic E-state index is 0.0720. The number of hydrogen-bond donors (Lipinski definition) is 0. The van der Waals surface area contributed by atoms with Gasteiger partial charge in [-0.15, -0.1) is 0 Å².